The molecule has 0 aliphatic carbocycles. The summed E-state index contributed by atoms with van der Waals surface area (Å²) < 4.78 is 5.42. The van der Waals surface area contributed by atoms with Gasteiger partial charge in [-0.05, 0) is 51.4 Å². The highest BCUT2D eigenvalue weighted by Gasteiger charge is 2.20. The van der Waals surface area contributed by atoms with Crippen molar-refractivity contribution in [2.24, 2.45) is 0 Å². The summed E-state index contributed by atoms with van der Waals surface area (Å²) in [6.45, 7) is 4.87. The summed E-state index contributed by atoms with van der Waals surface area (Å²) in [7, 11) is 0. The van der Waals surface area contributed by atoms with E-state index in [0.29, 0.717) is 25.9 Å². The van der Waals surface area contributed by atoms with E-state index in [9.17, 15) is 19.8 Å². The lowest BCUT2D eigenvalue weighted by atomic mass is 10.0. The van der Waals surface area contributed by atoms with Gasteiger partial charge in [0.2, 0.25) is 5.91 Å². The zero-order valence-corrected chi connectivity index (χ0v) is 36.2. The molecule has 1 amide bonds. The minimum absolute atomic E-state index is 0.0298. The van der Waals surface area contributed by atoms with Crippen LogP contribution in [0.15, 0.2) is 12.2 Å². The van der Waals surface area contributed by atoms with Crippen LogP contribution in [0.1, 0.15) is 258 Å². The van der Waals surface area contributed by atoms with E-state index in [2.05, 4.69) is 31.3 Å². The van der Waals surface area contributed by atoms with Crippen molar-refractivity contribution < 1.29 is 24.5 Å². The van der Waals surface area contributed by atoms with Crippen LogP contribution < -0.4 is 5.32 Å². The van der Waals surface area contributed by atoms with E-state index in [0.717, 1.165) is 83.5 Å². The van der Waals surface area contributed by atoms with Crippen LogP contribution >= 0.6 is 0 Å². The van der Waals surface area contributed by atoms with Gasteiger partial charge >= 0.3 is 5.97 Å². The van der Waals surface area contributed by atoms with Gasteiger partial charge in [-0.2, -0.15) is 0 Å². The quantitative estimate of drug-likeness (QED) is 0.0326. The first-order chi connectivity index (χ1) is 26.5. The van der Waals surface area contributed by atoms with E-state index < -0.39 is 12.1 Å². The molecule has 6 heteroatoms. The van der Waals surface area contributed by atoms with Crippen molar-refractivity contribution in [1.29, 1.82) is 0 Å². The summed E-state index contributed by atoms with van der Waals surface area (Å²) in [5.74, 6) is -0.0937. The average molecular weight is 764 g/mol. The molecule has 0 aliphatic rings. The van der Waals surface area contributed by atoms with Crippen LogP contribution in [0.25, 0.3) is 0 Å². The van der Waals surface area contributed by atoms with Crippen LogP contribution in [-0.4, -0.2) is 47.4 Å². The molecular weight excluding hydrogens is 671 g/mol. The summed E-state index contributed by atoms with van der Waals surface area (Å²) in [5.41, 5.74) is 0. The third kappa shape index (κ3) is 40.3. The first-order valence-electron chi connectivity index (χ1n) is 23.9. The van der Waals surface area contributed by atoms with Gasteiger partial charge in [0.1, 0.15) is 0 Å². The predicted octanol–water partition coefficient (Wildman–Crippen LogP) is 13.8. The molecule has 54 heavy (non-hydrogen) atoms. The Morgan fingerprint density at radius 2 is 0.870 bits per heavy atom. The van der Waals surface area contributed by atoms with Crippen LogP contribution in [0.5, 0.6) is 0 Å². The fourth-order valence-corrected chi connectivity index (χ4v) is 7.34. The number of ether oxygens (including phenoxy) is 1. The minimum Gasteiger partial charge on any atom is -0.466 e. The highest BCUT2D eigenvalue weighted by Crippen LogP contribution is 2.16. The van der Waals surface area contributed by atoms with Crippen molar-refractivity contribution in [3.63, 3.8) is 0 Å². The van der Waals surface area contributed by atoms with Crippen LogP contribution in [0.2, 0.25) is 0 Å². The lowest BCUT2D eigenvalue weighted by Crippen LogP contribution is -2.45. The summed E-state index contributed by atoms with van der Waals surface area (Å²) >= 11 is 0. The van der Waals surface area contributed by atoms with Crippen LogP contribution in [0, 0.1) is 0 Å². The number of aliphatic hydroxyl groups is 2. The van der Waals surface area contributed by atoms with Gasteiger partial charge < -0.3 is 20.3 Å². The van der Waals surface area contributed by atoms with Crippen LogP contribution in [0.3, 0.4) is 0 Å². The standard InChI is InChI=1S/C48H93NO5/c1-3-5-7-9-11-13-15-17-20-24-28-32-36-40-46(51)45(44-50)49-47(52)41-37-33-29-25-21-19-23-27-31-35-39-43-54-48(53)42-38-34-30-26-22-18-16-14-12-10-8-6-4-2/h23,27,45-46,50-51H,3-22,24-26,28-44H2,1-2H3,(H,49,52)/b27-23-. The van der Waals surface area contributed by atoms with Gasteiger partial charge in [0.25, 0.3) is 0 Å². The molecule has 0 saturated carbocycles. The molecule has 0 spiro atoms. The maximum absolute atomic E-state index is 12.4. The number of hydrogen-bond donors (Lipinski definition) is 3. The molecule has 320 valence electrons. The Kier molecular flexibility index (Phi) is 43.2. The molecule has 0 aromatic rings. The third-order valence-electron chi connectivity index (χ3n) is 11.1. The van der Waals surface area contributed by atoms with E-state index in [1.165, 1.54) is 141 Å². The molecule has 0 fully saturated rings. The molecule has 2 unspecified atom stereocenters. The topological polar surface area (TPSA) is 95.9 Å². The Morgan fingerprint density at radius 3 is 1.31 bits per heavy atom. The molecule has 0 aromatic carbocycles. The van der Waals surface area contributed by atoms with Crippen molar-refractivity contribution in [3.05, 3.63) is 12.2 Å². The van der Waals surface area contributed by atoms with Gasteiger partial charge in [-0.1, -0.05) is 206 Å². The smallest absolute Gasteiger partial charge is 0.305 e. The van der Waals surface area contributed by atoms with Gasteiger partial charge in [-0.3, -0.25) is 9.59 Å². The molecule has 3 N–H and O–H groups in total. The fraction of sp³-hybridized carbons (Fsp3) is 0.917. The lowest BCUT2D eigenvalue weighted by Gasteiger charge is -2.22. The molecule has 0 bridgehead atoms. The Bertz CT molecular complexity index is 802. The number of hydrogen-bond acceptors (Lipinski definition) is 5. The predicted molar refractivity (Wildman–Crippen MR) is 232 cm³/mol. The monoisotopic (exact) mass is 764 g/mol. The second kappa shape index (κ2) is 44.3. The molecule has 2 atom stereocenters. The number of amides is 1. The van der Waals surface area contributed by atoms with Gasteiger partial charge in [-0.15, -0.1) is 0 Å². The van der Waals surface area contributed by atoms with E-state index >= 15 is 0 Å². The van der Waals surface area contributed by atoms with Crippen molar-refractivity contribution >= 4 is 11.9 Å². The number of aliphatic hydroxyl groups excluding tert-OH is 2. The molecular formula is C48H93NO5. The number of esters is 1. The number of carbonyl (C=O) groups excluding carboxylic acids is 2. The maximum atomic E-state index is 12.4. The number of allylic oxidation sites excluding steroid dienone is 2. The Morgan fingerprint density at radius 1 is 0.500 bits per heavy atom. The molecule has 0 radical (unpaired) electrons. The van der Waals surface area contributed by atoms with E-state index in [4.69, 9.17) is 4.74 Å². The Hall–Kier alpha value is -1.40. The number of nitrogens with one attached hydrogen (secondary N) is 1. The van der Waals surface area contributed by atoms with Crippen molar-refractivity contribution in [3.8, 4) is 0 Å². The van der Waals surface area contributed by atoms with Gasteiger partial charge in [0, 0.05) is 12.8 Å². The van der Waals surface area contributed by atoms with Crippen molar-refractivity contribution in [1.82, 2.24) is 5.32 Å². The third-order valence-corrected chi connectivity index (χ3v) is 11.1. The van der Waals surface area contributed by atoms with Crippen molar-refractivity contribution in [2.75, 3.05) is 13.2 Å². The van der Waals surface area contributed by atoms with Crippen LogP contribution in [0.4, 0.5) is 0 Å². The Labute approximate surface area is 336 Å². The van der Waals surface area contributed by atoms with Gasteiger partial charge in [0.05, 0.1) is 25.4 Å². The second-order valence-electron chi connectivity index (χ2n) is 16.4. The van der Waals surface area contributed by atoms with Gasteiger partial charge in [0.15, 0.2) is 0 Å². The molecule has 0 saturated heterocycles. The lowest BCUT2D eigenvalue weighted by molar-refractivity contribution is -0.143. The molecule has 0 aliphatic heterocycles. The summed E-state index contributed by atoms with van der Waals surface area (Å²) in [6, 6.07) is -0.560. The van der Waals surface area contributed by atoms with E-state index in [1.54, 1.807) is 0 Å². The van der Waals surface area contributed by atoms with E-state index in [1.807, 2.05) is 0 Å². The minimum atomic E-state index is -0.680. The Balaban J connectivity index is 3.51. The van der Waals surface area contributed by atoms with Crippen molar-refractivity contribution in [2.45, 2.75) is 270 Å². The highest BCUT2D eigenvalue weighted by atomic mass is 16.5. The second-order valence-corrected chi connectivity index (χ2v) is 16.4. The number of unbranched alkanes of at least 4 members (excludes halogenated alkanes) is 31. The molecule has 0 rings (SSSR count). The molecule has 0 aromatic heterocycles. The zero-order chi connectivity index (χ0) is 39.4. The first-order valence-corrected chi connectivity index (χ1v) is 23.9. The normalized spacial score (nSPS) is 12.7. The number of carbonyl (C=O) groups is 2. The summed E-state index contributed by atoms with van der Waals surface area (Å²) in [4.78, 5) is 24.4. The average Bonchev–Trinajstić information content (AvgIpc) is 3.17. The fourth-order valence-electron chi connectivity index (χ4n) is 7.34. The molecule has 0 heterocycles. The van der Waals surface area contributed by atoms with E-state index in [-0.39, 0.29) is 18.5 Å². The molecule has 6 nitrogen and oxygen atoms in total. The highest BCUT2D eigenvalue weighted by molar-refractivity contribution is 5.76. The SMILES string of the molecule is CCCCCCCCCCCCCCCC(=O)OCCCC/C=C\CCCCCCCC(=O)NC(CO)C(O)CCCCCCCCCCCCCCC. The summed E-state index contributed by atoms with van der Waals surface area (Å²) in [6.07, 6.45) is 48.8. The van der Waals surface area contributed by atoms with Gasteiger partial charge in [-0.25, -0.2) is 0 Å². The summed E-state index contributed by atoms with van der Waals surface area (Å²) in [5, 5.41) is 23.1. The number of rotatable bonds is 44. The van der Waals surface area contributed by atoms with Crippen LogP contribution in [-0.2, 0) is 14.3 Å². The zero-order valence-electron chi connectivity index (χ0n) is 36.2. The maximum Gasteiger partial charge on any atom is 0.305 e. The largest absolute Gasteiger partial charge is 0.466 e. The first kappa shape index (κ1) is 52.6.